The van der Waals surface area contributed by atoms with Gasteiger partial charge in [0.2, 0.25) is 0 Å². The van der Waals surface area contributed by atoms with Gasteiger partial charge < -0.3 is 9.22 Å². The third-order valence-electron chi connectivity index (χ3n) is 4.85. The van der Waals surface area contributed by atoms with Crippen molar-refractivity contribution in [1.29, 1.82) is 0 Å². The highest BCUT2D eigenvalue weighted by Crippen LogP contribution is 2.41. The molecule has 20 heavy (non-hydrogen) atoms. The third-order valence-corrected chi connectivity index (χ3v) is 9.36. The van der Waals surface area contributed by atoms with E-state index in [9.17, 15) is 9.59 Å². The van der Waals surface area contributed by atoms with Crippen LogP contribution in [0, 0.1) is 5.92 Å². The Morgan fingerprint density at radius 1 is 1.30 bits per heavy atom. The topological polar surface area (TPSA) is 43.4 Å². The smallest absolute Gasteiger partial charge is 0.192 e. The van der Waals surface area contributed by atoms with Gasteiger partial charge in [0, 0.05) is 5.57 Å². The fraction of sp³-hybridized carbons (Fsp3) is 0.750. The lowest BCUT2D eigenvalue weighted by Gasteiger charge is -2.42. The number of aldehydes is 2. The monoisotopic (exact) mass is 296 g/mol. The van der Waals surface area contributed by atoms with E-state index in [1.807, 2.05) is 6.92 Å². The molecule has 0 aromatic heterocycles. The molecule has 1 aliphatic rings. The van der Waals surface area contributed by atoms with E-state index in [-0.39, 0.29) is 17.1 Å². The molecular weight excluding hydrogens is 268 g/mol. The molecule has 0 amide bonds. The third kappa shape index (κ3) is 3.47. The Bertz CT molecular complexity index is 404. The van der Waals surface area contributed by atoms with Gasteiger partial charge in [0.05, 0.1) is 12.0 Å². The normalized spacial score (nSPS) is 24.7. The van der Waals surface area contributed by atoms with E-state index in [1.54, 1.807) is 0 Å². The largest absolute Gasteiger partial charge is 0.413 e. The average Bonchev–Trinajstić information content (AvgIpc) is 2.36. The van der Waals surface area contributed by atoms with Crippen LogP contribution in [0.5, 0.6) is 0 Å². The number of rotatable bonds is 5. The predicted octanol–water partition coefficient (Wildman–Crippen LogP) is 3.89. The summed E-state index contributed by atoms with van der Waals surface area (Å²) < 4.78 is 6.39. The van der Waals surface area contributed by atoms with Crippen molar-refractivity contribution in [2.24, 2.45) is 5.92 Å². The average molecular weight is 296 g/mol. The van der Waals surface area contributed by atoms with Gasteiger partial charge in [-0.25, -0.2) is 0 Å². The Morgan fingerprint density at radius 2 is 1.90 bits per heavy atom. The standard InChI is InChI=1S/C16H28O3Si/c1-7-12-8-9-15(14(11-18)13(12)10-17)19-20(5,6)16(2,3)4/h10-11,14-15H,7-9H2,1-6H3/t14-,15-/m0/s1. The summed E-state index contributed by atoms with van der Waals surface area (Å²) in [5, 5.41) is 0.108. The molecule has 2 atom stereocenters. The summed E-state index contributed by atoms with van der Waals surface area (Å²) in [7, 11) is -1.92. The summed E-state index contributed by atoms with van der Waals surface area (Å²) >= 11 is 0. The number of carbonyl (C=O) groups is 2. The Kier molecular flexibility index (Phi) is 5.50. The van der Waals surface area contributed by atoms with Gasteiger partial charge in [-0.3, -0.25) is 4.79 Å². The maximum absolute atomic E-state index is 11.5. The van der Waals surface area contributed by atoms with Crippen molar-refractivity contribution in [3.8, 4) is 0 Å². The van der Waals surface area contributed by atoms with Crippen LogP contribution in [0.3, 0.4) is 0 Å². The molecule has 0 saturated heterocycles. The summed E-state index contributed by atoms with van der Waals surface area (Å²) in [5.74, 6) is -0.384. The summed E-state index contributed by atoms with van der Waals surface area (Å²) in [6.07, 6.45) is 4.18. The first kappa shape index (κ1) is 17.3. The quantitative estimate of drug-likeness (QED) is 0.571. The van der Waals surface area contributed by atoms with Crippen LogP contribution >= 0.6 is 0 Å². The Balaban J connectivity index is 3.02. The van der Waals surface area contributed by atoms with Crippen molar-refractivity contribution < 1.29 is 14.0 Å². The Morgan fingerprint density at radius 3 is 2.30 bits per heavy atom. The van der Waals surface area contributed by atoms with Gasteiger partial charge in [-0.15, -0.1) is 0 Å². The van der Waals surface area contributed by atoms with E-state index >= 15 is 0 Å². The van der Waals surface area contributed by atoms with Gasteiger partial charge in [0.1, 0.15) is 12.6 Å². The molecule has 0 aromatic rings. The first-order chi connectivity index (χ1) is 9.17. The molecule has 114 valence electrons. The van der Waals surface area contributed by atoms with Crippen molar-refractivity contribution in [3.05, 3.63) is 11.1 Å². The van der Waals surface area contributed by atoms with Crippen molar-refractivity contribution >= 4 is 20.9 Å². The Labute approximate surface area is 123 Å². The first-order valence-corrected chi connectivity index (χ1v) is 10.4. The molecule has 0 N–H and O–H groups in total. The van der Waals surface area contributed by atoms with Crippen LogP contribution in [0.1, 0.15) is 47.0 Å². The molecule has 0 unspecified atom stereocenters. The predicted molar refractivity (Wildman–Crippen MR) is 84.2 cm³/mol. The maximum Gasteiger partial charge on any atom is 0.192 e. The molecule has 0 radical (unpaired) electrons. The van der Waals surface area contributed by atoms with E-state index in [0.717, 1.165) is 37.4 Å². The number of hydrogen-bond acceptors (Lipinski definition) is 3. The van der Waals surface area contributed by atoms with Gasteiger partial charge in [-0.2, -0.15) is 0 Å². The molecule has 1 rings (SSSR count). The minimum atomic E-state index is -1.92. The maximum atomic E-state index is 11.5. The number of allylic oxidation sites excluding steroid dienone is 1. The Hall–Kier alpha value is -0.743. The fourth-order valence-corrected chi connectivity index (χ4v) is 3.84. The van der Waals surface area contributed by atoms with Gasteiger partial charge >= 0.3 is 0 Å². The molecule has 3 nitrogen and oxygen atoms in total. The molecule has 0 aliphatic heterocycles. The van der Waals surface area contributed by atoms with Gasteiger partial charge in [0.15, 0.2) is 8.32 Å². The fourth-order valence-electron chi connectivity index (χ4n) is 2.47. The molecular formula is C16H28O3Si. The van der Waals surface area contributed by atoms with E-state index < -0.39 is 8.32 Å². The van der Waals surface area contributed by atoms with Gasteiger partial charge in [-0.1, -0.05) is 33.3 Å². The molecule has 0 aromatic carbocycles. The second-order valence-corrected chi connectivity index (χ2v) is 11.9. The highest BCUT2D eigenvalue weighted by molar-refractivity contribution is 6.74. The molecule has 0 saturated carbocycles. The summed E-state index contributed by atoms with van der Waals surface area (Å²) in [6.45, 7) is 13.0. The zero-order valence-corrected chi connectivity index (χ0v) is 14.7. The lowest BCUT2D eigenvalue weighted by Crippen LogP contribution is -2.47. The van der Waals surface area contributed by atoms with Gasteiger partial charge in [-0.05, 0) is 37.4 Å². The molecule has 4 heteroatoms. The van der Waals surface area contributed by atoms with Crippen LogP contribution in [0.4, 0.5) is 0 Å². The van der Waals surface area contributed by atoms with E-state index in [2.05, 4.69) is 33.9 Å². The minimum absolute atomic E-state index is 0.108. The highest BCUT2D eigenvalue weighted by Gasteiger charge is 2.42. The summed E-state index contributed by atoms with van der Waals surface area (Å²) in [4.78, 5) is 22.8. The zero-order chi connectivity index (χ0) is 15.6. The summed E-state index contributed by atoms with van der Waals surface area (Å²) in [5.41, 5.74) is 1.78. The van der Waals surface area contributed by atoms with Crippen molar-refractivity contribution in [2.75, 3.05) is 0 Å². The van der Waals surface area contributed by atoms with Gasteiger partial charge in [0.25, 0.3) is 0 Å². The molecule has 0 bridgehead atoms. The molecule has 0 fully saturated rings. The van der Waals surface area contributed by atoms with E-state index in [1.165, 1.54) is 0 Å². The molecule has 0 spiro atoms. The molecule has 1 aliphatic carbocycles. The lowest BCUT2D eigenvalue weighted by molar-refractivity contribution is -0.115. The van der Waals surface area contributed by atoms with Crippen LogP contribution in [0.2, 0.25) is 18.1 Å². The number of hydrogen-bond donors (Lipinski definition) is 0. The second kappa shape index (κ2) is 6.35. The minimum Gasteiger partial charge on any atom is -0.413 e. The van der Waals surface area contributed by atoms with Crippen molar-refractivity contribution in [2.45, 2.75) is 71.2 Å². The van der Waals surface area contributed by atoms with E-state index in [0.29, 0.717) is 5.57 Å². The van der Waals surface area contributed by atoms with Crippen LogP contribution in [-0.2, 0) is 14.0 Å². The van der Waals surface area contributed by atoms with Crippen LogP contribution < -0.4 is 0 Å². The van der Waals surface area contributed by atoms with Crippen molar-refractivity contribution in [3.63, 3.8) is 0 Å². The SMILES string of the molecule is CCC1=C(C=O)[C@H](C=O)[C@@H](O[Si](C)(C)C(C)(C)C)CC1. The highest BCUT2D eigenvalue weighted by atomic mass is 28.4. The molecule has 0 heterocycles. The lowest BCUT2D eigenvalue weighted by atomic mass is 9.81. The van der Waals surface area contributed by atoms with Crippen LogP contribution in [0.15, 0.2) is 11.1 Å². The van der Waals surface area contributed by atoms with Crippen LogP contribution in [0.25, 0.3) is 0 Å². The van der Waals surface area contributed by atoms with E-state index in [4.69, 9.17) is 4.43 Å². The number of carbonyl (C=O) groups excluding carboxylic acids is 2. The zero-order valence-electron chi connectivity index (χ0n) is 13.7. The first-order valence-electron chi connectivity index (χ1n) is 7.48. The summed E-state index contributed by atoms with van der Waals surface area (Å²) in [6, 6.07) is 0. The van der Waals surface area contributed by atoms with Crippen molar-refractivity contribution in [1.82, 2.24) is 0 Å². The van der Waals surface area contributed by atoms with Crippen LogP contribution in [-0.4, -0.2) is 27.0 Å². The second-order valence-electron chi connectivity index (χ2n) is 7.15.